The molecule has 1 amide bonds. The lowest BCUT2D eigenvalue weighted by Crippen LogP contribution is -2.52. The van der Waals surface area contributed by atoms with Gasteiger partial charge in [-0.1, -0.05) is 18.2 Å². The van der Waals surface area contributed by atoms with E-state index in [1.54, 1.807) is 39.3 Å². The van der Waals surface area contributed by atoms with Crippen molar-refractivity contribution in [2.75, 3.05) is 54.6 Å². The van der Waals surface area contributed by atoms with Gasteiger partial charge in [-0.3, -0.25) is 9.59 Å². The lowest BCUT2D eigenvalue weighted by molar-refractivity contribution is -0.122. The number of carbonyl (C=O) groups is 2. The standard InChI is InChI=1S/C29H33ClFN7O3.CH2O2/c1-6-27(39)34-21-11-22(25(41-5)12-23(21)38-14-16-13-37(4)24(16)15-38)35-28-32-8-7-26(36-28)33-20-10-18(30)19(31)9-17(20)29(2,3)40;2-1-3/h6-12,16,24,40H,1,13-15H2,2-5H3,(H,34,39)(H2,32,33,35,36);1H,(H,2,3)/t16-,24+;/m0./s1. The van der Waals surface area contributed by atoms with E-state index in [0.717, 1.165) is 25.3 Å². The Kier molecular flexibility index (Phi) is 9.92. The predicted octanol–water partition coefficient (Wildman–Crippen LogP) is 4.57. The molecule has 2 aliphatic rings. The van der Waals surface area contributed by atoms with E-state index in [4.69, 9.17) is 26.2 Å². The van der Waals surface area contributed by atoms with Crippen LogP contribution in [0.15, 0.2) is 49.2 Å². The van der Waals surface area contributed by atoms with Gasteiger partial charge in [-0.2, -0.15) is 4.98 Å². The van der Waals surface area contributed by atoms with Gasteiger partial charge >= 0.3 is 0 Å². The Bertz CT molecular complexity index is 1550. The fourth-order valence-corrected chi connectivity index (χ4v) is 5.55. The number of ether oxygens (including phenoxy) is 1. The van der Waals surface area contributed by atoms with Crippen molar-refractivity contribution < 1.29 is 28.9 Å². The van der Waals surface area contributed by atoms with Gasteiger partial charge in [0.25, 0.3) is 6.47 Å². The summed E-state index contributed by atoms with van der Waals surface area (Å²) in [6.45, 7) is 9.23. The molecule has 0 spiro atoms. The number of carboxylic acid groups (broad SMARTS) is 1. The quantitative estimate of drug-likeness (QED) is 0.168. The third kappa shape index (κ3) is 7.18. The number of nitrogens with zero attached hydrogens (tertiary/aromatic N) is 4. The maximum Gasteiger partial charge on any atom is 0.290 e. The van der Waals surface area contributed by atoms with E-state index in [-0.39, 0.29) is 23.4 Å². The molecule has 0 unspecified atom stereocenters. The van der Waals surface area contributed by atoms with Crippen LogP contribution in [-0.4, -0.2) is 77.3 Å². The topological polar surface area (TPSA) is 152 Å². The average molecular weight is 628 g/mol. The Labute approximate surface area is 259 Å². The molecule has 2 aliphatic heterocycles. The summed E-state index contributed by atoms with van der Waals surface area (Å²) in [6.07, 6.45) is 2.77. The number of likely N-dealkylation sites (tertiary alicyclic amines) is 1. The molecule has 5 N–H and O–H groups in total. The van der Waals surface area contributed by atoms with E-state index in [1.165, 1.54) is 18.2 Å². The van der Waals surface area contributed by atoms with Crippen molar-refractivity contribution in [3.8, 4) is 5.75 Å². The Morgan fingerprint density at radius 3 is 2.52 bits per heavy atom. The van der Waals surface area contributed by atoms with Crippen molar-refractivity contribution in [2.45, 2.75) is 25.5 Å². The van der Waals surface area contributed by atoms with Crippen molar-refractivity contribution in [3.63, 3.8) is 0 Å². The fraction of sp³-hybridized carbons (Fsp3) is 0.333. The predicted molar refractivity (Wildman–Crippen MR) is 168 cm³/mol. The number of methoxy groups -OCH3 is 1. The first-order valence-electron chi connectivity index (χ1n) is 13.7. The summed E-state index contributed by atoms with van der Waals surface area (Å²) in [4.78, 5) is 34.2. The van der Waals surface area contributed by atoms with Gasteiger partial charge in [-0.05, 0) is 51.2 Å². The molecule has 0 radical (unpaired) electrons. The number of fused-ring (bicyclic) bond motifs is 1. The molecule has 0 bridgehead atoms. The monoisotopic (exact) mass is 627 g/mol. The highest BCUT2D eigenvalue weighted by atomic mass is 35.5. The second kappa shape index (κ2) is 13.5. The average Bonchev–Trinajstić information content (AvgIpc) is 3.31. The van der Waals surface area contributed by atoms with Crippen molar-refractivity contribution >= 4 is 58.5 Å². The van der Waals surface area contributed by atoms with Crippen LogP contribution in [0.1, 0.15) is 19.4 Å². The van der Waals surface area contributed by atoms with Crippen LogP contribution >= 0.6 is 11.6 Å². The van der Waals surface area contributed by atoms with E-state index in [2.05, 4.69) is 49.3 Å². The summed E-state index contributed by atoms with van der Waals surface area (Å²) in [5.74, 6) is 0.778. The molecule has 44 heavy (non-hydrogen) atoms. The Balaban J connectivity index is 0.00000141. The summed E-state index contributed by atoms with van der Waals surface area (Å²) >= 11 is 6.02. The van der Waals surface area contributed by atoms with Crippen LogP contribution < -0.4 is 25.6 Å². The molecule has 5 rings (SSSR count). The Morgan fingerprint density at radius 1 is 1.18 bits per heavy atom. The van der Waals surface area contributed by atoms with Gasteiger partial charge < -0.3 is 40.7 Å². The van der Waals surface area contributed by atoms with Crippen LogP contribution in [-0.2, 0) is 15.2 Å². The van der Waals surface area contributed by atoms with E-state index in [9.17, 15) is 14.3 Å². The maximum absolute atomic E-state index is 14.2. The van der Waals surface area contributed by atoms with Crippen LogP contribution in [0.5, 0.6) is 5.75 Å². The molecule has 3 heterocycles. The van der Waals surface area contributed by atoms with Gasteiger partial charge in [-0.25, -0.2) is 9.37 Å². The lowest BCUT2D eigenvalue weighted by Gasteiger charge is -2.40. The molecule has 2 aromatic carbocycles. The summed E-state index contributed by atoms with van der Waals surface area (Å²) in [6, 6.07) is 8.39. The number of hydrogen-bond donors (Lipinski definition) is 5. The van der Waals surface area contributed by atoms with Crippen molar-refractivity contribution in [2.24, 2.45) is 5.92 Å². The minimum Gasteiger partial charge on any atom is -0.494 e. The lowest BCUT2D eigenvalue weighted by atomic mass is 9.93. The number of anilines is 6. The zero-order valence-corrected chi connectivity index (χ0v) is 25.5. The number of aromatic nitrogens is 2. The number of nitrogens with one attached hydrogen (secondary N) is 3. The van der Waals surface area contributed by atoms with Gasteiger partial charge in [0, 0.05) is 55.1 Å². The molecule has 1 aromatic heterocycles. The normalized spacial score (nSPS) is 17.4. The molecule has 0 aliphatic carbocycles. The SMILES string of the molecule is C=CC(=O)Nc1cc(Nc2nccc(Nc3cc(Cl)c(F)cc3C(C)(C)O)n2)c(OC)cc1N1C[C@@H]2CN(C)[C@@H]2C1.O=CO. The zero-order valence-electron chi connectivity index (χ0n) is 24.8. The number of hydrogen-bond acceptors (Lipinski definition) is 10. The number of likely N-dealkylation sites (N-methyl/N-ethyl adjacent to an activating group) is 1. The number of halogens is 2. The number of amides is 1. The first kappa shape index (κ1) is 32.5. The highest BCUT2D eigenvalue weighted by Crippen LogP contribution is 2.42. The molecule has 2 atom stereocenters. The zero-order chi connectivity index (χ0) is 32.2. The van der Waals surface area contributed by atoms with Crippen molar-refractivity contribution in [1.82, 2.24) is 14.9 Å². The molecule has 12 nitrogen and oxygen atoms in total. The molecular formula is C30H35ClFN7O5. The second-order valence-electron chi connectivity index (χ2n) is 10.9. The van der Waals surface area contributed by atoms with Gasteiger partial charge in [0.15, 0.2) is 0 Å². The summed E-state index contributed by atoms with van der Waals surface area (Å²) in [7, 11) is 3.70. The number of rotatable bonds is 9. The molecule has 2 saturated heterocycles. The Hall–Kier alpha value is -4.46. The maximum atomic E-state index is 14.2. The first-order chi connectivity index (χ1) is 20.9. The van der Waals surface area contributed by atoms with E-state index >= 15 is 0 Å². The molecule has 0 saturated carbocycles. The van der Waals surface area contributed by atoms with Gasteiger partial charge in [0.05, 0.1) is 34.8 Å². The molecular weight excluding hydrogens is 593 g/mol. The highest BCUT2D eigenvalue weighted by molar-refractivity contribution is 6.31. The summed E-state index contributed by atoms with van der Waals surface area (Å²) in [5, 5.41) is 26.6. The van der Waals surface area contributed by atoms with E-state index in [1.807, 2.05) is 6.07 Å². The summed E-state index contributed by atoms with van der Waals surface area (Å²) < 4.78 is 19.9. The minimum absolute atomic E-state index is 0.0931. The Morgan fingerprint density at radius 2 is 1.91 bits per heavy atom. The van der Waals surface area contributed by atoms with Crippen molar-refractivity contribution in [1.29, 1.82) is 0 Å². The van der Waals surface area contributed by atoms with Gasteiger partial charge in [0.1, 0.15) is 17.4 Å². The third-order valence-electron chi connectivity index (χ3n) is 7.48. The van der Waals surface area contributed by atoms with Crippen LogP contribution in [0, 0.1) is 11.7 Å². The summed E-state index contributed by atoms with van der Waals surface area (Å²) in [5.41, 5.74) is 1.37. The molecule has 3 aromatic rings. The van der Waals surface area contributed by atoms with Gasteiger partial charge in [-0.15, -0.1) is 0 Å². The minimum atomic E-state index is -1.34. The van der Waals surface area contributed by atoms with Gasteiger partial charge in [0.2, 0.25) is 11.9 Å². The van der Waals surface area contributed by atoms with E-state index < -0.39 is 11.4 Å². The van der Waals surface area contributed by atoms with Crippen LogP contribution in [0.4, 0.5) is 38.9 Å². The van der Waals surface area contributed by atoms with Crippen molar-refractivity contribution in [3.05, 3.63) is 65.6 Å². The molecule has 2 fully saturated rings. The third-order valence-corrected chi connectivity index (χ3v) is 7.77. The number of carbonyl (C=O) groups excluding carboxylic acids is 1. The van der Waals surface area contributed by atoms with Crippen LogP contribution in [0.25, 0.3) is 0 Å². The fourth-order valence-electron chi connectivity index (χ4n) is 5.38. The molecule has 234 valence electrons. The highest BCUT2D eigenvalue weighted by Gasteiger charge is 2.44. The van der Waals surface area contributed by atoms with Crippen LogP contribution in [0.2, 0.25) is 5.02 Å². The number of benzene rings is 2. The number of aliphatic hydroxyl groups is 1. The smallest absolute Gasteiger partial charge is 0.290 e. The molecule has 14 heteroatoms. The van der Waals surface area contributed by atoms with E-state index in [0.29, 0.717) is 46.2 Å². The second-order valence-corrected chi connectivity index (χ2v) is 11.3. The first-order valence-corrected chi connectivity index (χ1v) is 14.0. The largest absolute Gasteiger partial charge is 0.494 e. The van der Waals surface area contributed by atoms with Crippen LogP contribution in [0.3, 0.4) is 0 Å².